The molecule has 1 aliphatic rings. The number of hydrogen-bond acceptors (Lipinski definition) is 4. The summed E-state index contributed by atoms with van der Waals surface area (Å²) in [5.41, 5.74) is 4.22. The standard InChI is InChI=1S/C22H22N2O3/c1-3-26-22(27-4-2)16-13-19(23-17-11-7-5-9-14(16)17)20-15-10-6-8-12-18(15)24-21(20)25/h5-13,20,22H,3-4H2,1-2H3,(H,24,25). The lowest BCUT2D eigenvalue weighted by Gasteiger charge is -2.21. The Bertz CT molecular complexity index is 980. The summed E-state index contributed by atoms with van der Waals surface area (Å²) < 4.78 is 11.7. The SMILES string of the molecule is CCOC(OCC)c1cc(C2C(=O)Nc3ccccc32)nc2ccccc12. The van der Waals surface area contributed by atoms with Crippen LogP contribution in [0.15, 0.2) is 54.6 Å². The average Bonchev–Trinajstić information content (AvgIpc) is 3.02. The second-order valence-electron chi connectivity index (χ2n) is 6.41. The quantitative estimate of drug-likeness (QED) is 0.661. The molecule has 5 heteroatoms. The number of fused-ring (bicyclic) bond motifs is 2. The van der Waals surface area contributed by atoms with Crippen LogP contribution in [-0.4, -0.2) is 24.1 Å². The molecule has 0 radical (unpaired) electrons. The molecule has 0 spiro atoms. The maximum absolute atomic E-state index is 12.7. The Labute approximate surface area is 158 Å². The Morgan fingerprint density at radius 2 is 1.74 bits per heavy atom. The third kappa shape index (κ3) is 3.20. The van der Waals surface area contributed by atoms with Gasteiger partial charge in [-0.2, -0.15) is 0 Å². The number of hydrogen-bond donors (Lipinski definition) is 1. The van der Waals surface area contributed by atoms with Gasteiger partial charge in [0.15, 0.2) is 6.29 Å². The Balaban J connectivity index is 1.89. The maximum Gasteiger partial charge on any atom is 0.238 e. The van der Waals surface area contributed by atoms with Gasteiger partial charge < -0.3 is 14.8 Å². The number of aromatic nitrogens is 1. The number of rotatable bonds is 6. The summed E-state index contributed by atoms with van der Waals surface area (Å²) >= 11 is 0. The number of ether oxygens (including phenoxy) is 2. The van der Waals surface area contributed by atoms with Gasteiger partial charge in [0, 0.05) is 29.9 Å². The highest BCUT2D eigenvalue weighted by Gasteiger charge is 2.33. The zero-order valence-corrected chi connectivity index (χ0v) is 15.4. The van der Waals surface area contributed by atoms with E-state index >= 15 is 0 Å². The zero-order valence-electron chi connectivity index (χ0n) is 15.4. The van der Waals surface area contributed by atoms with Crippen LogP contribution in [0.4, 0.5) is 5.69 Å². The molecule has 0 aliphatic carbocycles. The van der Waals surface area contributed by atoms with Gasteiger partial charge in [-0.25, -0.2) is 0 Å². The lowest BCUT2D eigenvalue weighted by molar-refractivity contribution is -0.139. The summed E-state index contributed by atoms with van der Waals surface area (Å²) in [5, 5.41) is 3.92. The molecular weight excluding hydrogens is 340 g/mol. The van der Waals surface area contributed by atoms with Crippen molar-refractivity contribution in [3.05, 3.63) is 71.4 Å². The van der Waals surface area contributed by atoms with Gasteiger partial charge in [-0.15, -0.1) is 0 Å². The molecule has 4 rings (SSSR count). The molecule has 1 atom stereocenters. The highest BCUT2D eigenvalue weighted by atomic mass is 16.7. The van der Waals surface area contributed by atoms with E-state index in [4.69, 9.17) is 14.5 Å². The molecule has 0 saturated carbocycles. The van der Waals surface area contributed by atoms with E-state index in [9.17, 15) is 4.79 Å². The molecule has 27 heavy (non-hydrogen) atoms. The van der Waals surface area contributed by atoms with Crippen molar-refractivity contribution in [3.8, 4) is 0 Å². The lowest BCUT2D eigenvalue weighted by Crippen LogP contribution is -2.16. The Hall–Kier alpha value is -2.76. The molecule has 2 aromatic carbocycles. The Morgan fingerprint density at radius 1 is 1.04 bits per heavy atom. The summed E-state index contributed by atoms with van der Waals surface area (Å²) in [5.74, 6) is -0.497. The average molecular weight is 362 g/mol. The third-order valence-corrected chi connectivity index (χ3v) is 4.75. The van der Waals surface area contributed by atoms with Crippen LogP contribution in [0, 0.1) is 0 Å². The zero-order chi connectivity index (χ0) is 18.8. The van der Waals surface area contributed by atoms with Gasteiger partial charge in [-0.05, 0) is 37.6 Å². The van der Waals surface area contributed by atoms with Gasteiger partial charge in [0.1, 0.15) is 5.92 Å². The molecular formula is C22H22N2O3. The van der Waals surface area contributed by atoms with E-state index in [1.165, 1.54) is 0 Å². The molecule has 1 aromatic heterocycles. The summed E-state index contributed by atoms with van der Waals surface area (Å²) in [6, 6.07) is 17.6. The summed E-state index contributed by atoms with van der Waals surface area (Å²) in [6.45, 7) is 4.95. The molecule has 1 amide bonds. The predicted octanol–water partition coefficient (Wildman–Crippen LogP) is 4.39. The monoisotopic (exact) mass is 362 g/mol. The fraction of sp³-hybridized carbons (Fsp3) is 0.273. The van der Waals surface area contributed by atoms with Crippen LogP contribution in [-0.2, 0) is 14.3 Å². The van der Waals surface area contributed by atoms with E-state index in [-0.39, 0.29) is 5.91 Å². The number of pyridine rings is 1. The number of anilines is 1. The van der Waals surface area contributed by atoms with E-state index in [1.54, 1.807) is 0 Å². The van der Waals surface area contributed by atoms with Gasteiger partial charge in [0.25, 0.3) is 0 Å². The highest BCUT2D eigenvalue weighted by Crippen LogP contribution is 2.38. The first kappa shape index (κ1) is 17.6. The van der Waals surface area contributed by atoms with E-state index in [2.05, 4.69) is 5.32 Å². The molecule has 3 aromatic rings. The van der Waals surface area contributed by atoms with Gasteiger partial charge in [-0.1, -0.05) is 36.4 Å². The number of para-hydroxylation sites is 2. The molecule has 0 saturated heterocycles. The van der Waals surface area contributed by atoms with Crippen molar-refractivity contribution < 1.29 is 14.3 Å². The molecule has 5 nitrogen and oxygen atoms in total. The molecule has 1 unspecified atom stereocenters. The van der Waals surface area contributed by atoms with Crippen molar-refractivity contribution in [2.45, 2.75) is 26.1 Å². The van der Waals surface area contributed by atoms with Gasteiger partial charge >= 0.3 is 0 Å². The van der Waals surface area contributed by atoms with Gasteiger partial charge in [-0.3, -0.25) is 9.78 Å². The topological polar surface area (TPSA) is 60.5 Å². The van der Waals surface area contributed by atoms with Crippen molar-refractivity contribution in [1.82, 2.24) is 4.98 Å². The second-order valence-corrected chi connectivity index (χ2v) is 6.41. The number of carbonyl (C=O) groups is 1. The van der Waals surface area contributed by atoms with Crippen LogP contribution in [0.2, 0.25) is 0 Å². The lowest BCUT2D eigenvalue weighted by atomic mass is 9.94. The number of amides is 1. The van der Waals surface area contributed by atoms with Gasteiger partial charge in [0.2, 0.25) is 5.91 Å². The van der Waals surface area contributed by atoms with Crippen LogP contribution in [0.25, 0.3) is 10.9 Å². The van der Waals surface area contributed by atoms with Crippen molar-refractivity contribution >= 4 is 22.5 Å². The molecule has 138 valence electrons. The van der Waals surface area contributed by atoms with Crippen molar-refractivity contribution in [2.24, 2.45) is 0 Å². The van der Waals surface area contributed by atoms with Gasteiger partial charge in [0.05, 0.1) is 11.2 Å². The third-order valence-electron chi connectivity index (χ3n) is 4.75. The van der Waals surface area contributed by atoms with Crippen LogP contribution < -0.4 is 5.32 Å². The van der Waals surface area contributed by atoms with E-state index in [0.717, 1.165) is 27.7 Å². The number of nitrogens with zero attached hydrogens (tertiary/aromatic N) is 1. The number of benzene rings is 2. The molecule has 0 bridgehead atoms. The molecule has 0 fully saturated rings. The van der Waals surface area contributed by atoms with Crippen molar-refractivity contribution in [2.75, 3.05) is 18.5 Å². The minimum atomic E-state index is -0.494. The fourth-order valence-electron chi connectivity index (χ4n) is 3.60. The van der Waals surface area contributed by atoms with Crippen LogP contribution in [0.5, 0.6) is 0 Å². The number of carbonyl (C=O) groups excluding carboxylic acids is 1. The first-order valence-corrected chi connectivity index (χ1v) is 9.25. The van der Waals surface area contributed by atoms with Crippen LogP contribution in [0.1, 0.15) is 42.9 Å². The predicted molar refractivity (Wildman–Crippen MR) is 105 cm³/mol. The second kappa shape index (κ2) is 7.47. The normalized spacial score (nSPS) is 16.0. The van der Waals surface area contributed by atoms with Crippen molar-refractivity contribution in [1.29, 1.82) is 0 Å². The largest absolute Gasteiger partial charge is 0.349 e. The summed E-state index contributed by atoms with van der Waals surface area (Å²) in [6.07, 6.45) is -0.494. The van der Waals surface area contributed by atoms with E-state index < -0.39 is 12.2 Å². The fourth-order valence-corrected chi connectivity index (χ4v) is 3.60. The van der Waals surface area contributed by atoms with E-state index in [0.29, 0.717) is 18.9 Å². The van der Waals surface area contributed by atoms with Crippen LogP contribution >= 0.6 is 0 Å². The summed E-state index contributed by atoms with van der Waals surface area (Å²) in [7, 11) is 0. The van der Waals surface area contributed by atoms with Crippen molar-refractivity contribution in [3.63, 3.8) is 0 Å². The minimum absolute atomic E-state index is 0.0608. The maximum atomic E-state index is 12.7. The minimum Gasteiger partial charge on any atom is -0.349 e. The molecule has 1 N–H and O–H groups in total. The Kier molecular flexibility index (Phi) is 4.88. The van der Waals surface area contributed by atoms with Crippen LogP contribution in [0.3, 0.4) is 0 Å². The summed E-state index contributed by atoms with van der Waals surface area (Å²) in [4.78, 5) is 17.5. The number of nitrogens with one attached hydrogen (secondary N) is 1. The first-order valence-electron chi connectivity index (χ1n) is 9.25. The smallest absolute Gasteiger partial charge is 0.238 e. The molecule has 2 heterocycles. The highest BCUT2D eigenvalue weighted by molar-refractivity contribution is 6.05. The molecule has 1 aliphatic heterocycles. The Morgan fingerprint density at radius 3 is 2.52 bits per heavy atom. The van der Waals surface area contributed by atoms with E-state index in [1.807, 2.05) is 68.4 Å². The first-order chi connectivity index (χ1) is 13.2.